The molecule has 0 atom stereocenters. The average Bonchev–Trinajstić information content (AvgIpc) is 3.03. The maximum atomic E-state index is 4.54. The predicted molar refractivity (Wildman–Crippen MR) is 176 cm³/mol. The number of fused-ring (bicyclic) bond motifs is 1. The maximum absolute atomic E-state index is 4.54. The normalized spacial score (nSPS) is 11.8. The molecule has 210 valence electrons. The van der Waals surface area contributed by atoms with Gasteiger partial charge in [0.15, 0.2) is 0 Å². The van der Waals surface area contributed by atoms with Crippen LogP contribution in [-0.2, 0) is 0 Å². The minimum Gasteiger partial charge on any atom is -0.378 e. The minimum atomic E-state index is 0.733. The molecule has 0 saturated carbocycles. The largest absolute Gasteiger partial charge is 0.378 e. The fraction of sp³-hybridized carbons (Fsp3) is 0.176. The summed E-state index contributed by atoms with van der Waals surface area (Å²) in [6, 6.07) is 35.6. The fourth-order valence-corrected chi connectivity index (χ4v) is 5.12. The number of thioether (sulfide) groups is 1. The minimum absolute atomic E-state index is 0.733. The predicted octanol–water partition coefficient (Wildman–Crippen LogP) is 12.0. The Morgan fingerprint density at radius 1 is 0.524 bits per heavy atom. The van der Waals surface area contributed by atoms with Crippen LogP contribution in [0.15, 0.2) is 145 Å². The number of benzene rings is 5. The van der Waals surface area contributed by atoms with E-state index < -0.39 is 0 Å². The van der Waals surface area contributed by atoms with Gasteiger partial charge in [0.1, 0.15) is 0 Å². The fourth-order valence-electron chi connectivity index (χ4n) is 4.13. The van der Waals surface area contributed by atoms with Crippen LogP contribution in [0.4, 0.5) is 39.8 Å². The summed E-state index contributed by atoms with van der Waals surface area (Å²) in [5.74, 6) is 1.14. The molecule has 0 fully saturated rings. The van der Waals surface area contributed by atoms with Gasteiger partial charge in [-0.25, -0.2) is 0 Å². The molecule has 0 aliphatic rings. The number of anilines is 1. The van der Waals surface area contributed by atoms with Gasteiger partial charge in [-0.2, -0.15) is 20.5 Å². The van der Waals surface area contributed by atoms with Crippen molar-refractivity contribution in [1.82, 2.24) is 0 Å². The Kier molecular flexibility index (Phi) is 9.80. The number of hydrogen-bond donors (Lipinski definition) is 0. The topological polar surface area (TPSA) is 77.4 Å². The van der Waals surface area contributed by atoms with Crippen LogP contribution >= 0.6 is 11.8 Å². The smallest absolute Gasteiger partial charge is 0.0936 e. The molecule has 0 spiro atoms. The van der Waals surface area contributed by atoms with E-state index >= 15 is 0 Å². The van der Waals surface area contributed by atoms with Crippen molar-refractivity contribution in [3.05, 3.63) is 109 Å². The van der Waals surface area contributed by atoms with Crippen molar-refractivity contribution in [3.63, 3.8) is 0 Å². The van der Waals surface area contributed by atoms with Crippen LogP contribution in [0.1, 0.15) is 19.8 Å². The van der Waals surface area contributed by atoms with E-state index in [4.69, 9.17) is 0 Å². The molecule has 0 amide bonds. The summed E-state index contributed by atoms with van der Waals surface area (Å²) < 4.78 is 0. The van der Waals surface area contributed by atoms with Crippen molar-refractivity contribution in [3.8, 4) is 0 Å². The van der Waals surface area contributed by atoms with Crippen molar-refractivity contribution < 1.29 is 0 Å². The quantitative estimate of drug-likeness (QED) is 0.0898. The van der Waals surface area contributed by atoms with E-state index in [1.807, 2.05) is 123 Å². The lowest BCUT2D eigenvalue weighted by molar-refractivity contribution is 0.896. The van der Waals surface area contributed by atoms with Gasteiger partial charge >= 0.3 is 0 Å². The number of hydrogen-bond acceptors (Lipinski definition) is 8. The van der Waals surface area contributed by atoms with Crippen LogP contribution in [0.2, 0.25) is 0 Å². The molecule has 0 aliphatic carbocycles. The summed E-state index contributed by atoms with van der Waals surface area (Å²) >= 11 is 1.87. The van der Waals surface area contributed by atoms with Crippen LogP contribution in [0, 0.1) is 0 Å². The van der Waals surface area contributed by atoms with Crippen molar-refractivity contribution in [2.45, 2.75) is 24.7 Å². The third kappa shape index (κ3) is 7.73. The van der Waals surface area contributed by atoms with Crippen LogP contribution in [0.25, 0.3) is 10.8 Å². The van der Waals surface area contributed by atoms with Crippen molar-refractivity contribution >= 4 is 62.3 Å². The Hall–Kier alpha value is -4.69. The van der Waals surface area contributed by atoms with Crippen LogP contribution < -0.4 is 4.90 Å². The molecule has 0 saturated heterocycles. The molecular formula is C34H33N7S. The third-order valence-electron chi connectivity index (χ3n) is 6.52. The van der Waals surface area contributed by atoms with E-state index in [0.717, 1.165) is 56.3 Å². The Bertz CT molecular complexity index is 1690. The lowest BCUT2D eigenvalue weighted by atomic mass is 10.1. The highest BCUT2D eigenvalue weighted by molar-refractivity contribution is 7.99. The number of unbranched alkanes of at least 4 members (excludes halogenated alkanes) is 1. The highest BCUT2D eigenvalue weighted by atomic mass is 32.2. The van der Waals surface area contributed by atoms with Crippen molar-refractivity contribution in [2.24, 2.45) is 30.7 Å². The van der Waals surface area contributed by atoms with Crippen LogP contribution in [0.5, 0.6) is 0 Å². The van der Waals surface area contributed by atoms with E-state index in [0.29, 0.717) is 0 Å². The monoisotopic (exact) mass is 571 g/mol. The second kappa shape index (κ2) is 14.3. The average molecular weight is 572 g/mol. The van der Waals surface area contributed by atoms with E-state index in [-0.39, 0.29) is 0 Å². The summed E-state index contributed by atoms with van der Waals surface area (Å²) in [7, 11) is 4.03. The van der Waals surface area contributed by atoms with E-state index in [2.05, 4.69) is 54.6 Å². The van der Waals surface area contributed by atoms with Gasteiger partial charge in [-0.1, -0.05) is 37.6 Å². The Morgan fingerprint density at radius 2 is 0.952 bits per heavy atom. The maximum Gasteiger partial charge on any atom is 0.0936 e. The molecular weight excluding hydrogens is 538 g/mol. The molecule has 8 heteroatoms. The third-order valence-corrected chi connectivity index (χ3v) is 7.62. The zero-order chi connectivity index (χ0) is 29.1. The molecule has 5 aromatic rings. The first-order chi connectivity index (χ1) is 20.6. The molecule has 5 rings (SSSR count). The molecule has 42 heavy (non-hydrogen) atoms. The molecule has 5 aromatic carbocycles. The number of azo groups is 3. The molecule has 0 radical (unpaired) electrons. The summed E-state index contributed by atoms with van der Waals surface area (Å²) in [6.07, 6.45) is 2.44. The van der Waals surface area contributed by atoms with Crippen LogP contribution in [-0.4, -0.2) is 19.8 Å². The van der Waals surface area contributed by atoms with Gasteiger partial charge in [0.05, 0.1) is 34.1 Å². The Morgan fingerprint density at radius 3 is 1.40 bits per heavy atom. The lowest BCUT2D eigenvalue weighted by Crippen LogP contribution is -2.07. The van der Waals surface area contributed by atoms with E-state index in [1.54, 1.807) is 0 Å². The first-order valence-electron chi connectivity index (χ1n) is 14.0. The van der Waals surface area contributed by atoms with Crippen LogP contribution in [0.3, 0.4) is 0 Å². The SMILES string of the molecule is CCCCSc1ccc(N=Nc2ccc(N=Nc3ccc(N=Nc4ccc(N(C)C)cc4)c4ccccc34)cc2)cc1. The first kappa shape index (κ1) is 28.8. The summed E-state index contributed by atoms with van der Waals surface area (Å²) in [5, 5.41) is 28.6. The highest BCUT2D eigenvalue weighted by Crippen LogP contribution is 2.35. The summed E-state index contributed by atoms with van der Waals surface area (Å²) in [5.41, 5.74) is 5.78. The molecule has 0 aromatic heterocycles. The van der Waals surface area contributed by atoms with Gasteiger partial charge in [-0.3, -0.25) is 0 Å². The van der Waals surface area contributed by atoms with Crippen molar-refractivity contribution in [1.29, 1.82) is 0 Å². The van der Waals surface area contributed by atoms with Gasteiger partial charge in [0.2, 0.25) is 0 Å². The van der Waals surface area contributed by atoms with E-state index in [1.165, 1.54) is 17.7 Å². The second-order valence-electron chi connectivity index (χ2n) is 9.87. The standard InChI is InChI=1S/C34H33N7S/c1-4-5-24-42-30-20-16-28(17-21-30)36-35-25-10-12-26(13-11-25)37-39-33-22-23-34(32-9-7-6-8-31(32)33)40-38-27-14-18-29(19-15-27)41(2)3/h6-23H,4-5,24H2,1-3H3. The number of rotatable bonds is 11. The molecule has 0 aliphatic heterocycles. The van der Waals surface area contributed by atoms with Crippen molar-refractivity contribution in [2.75, 3.05) is 24.7 Å². The van der Waals surface area contributed by atoms with E-state index in [9.17, 15) is 0 Å². The van der Waals surface area contributed by atoms with Gasteiger partial charge in [-0.15, -0.1) is 22.0 Å². The summed E-state index contributed by atoms with van der Waals surface area (Å²) in [6.45, 7) is 2.21. The molecule has 0 bridgehead atoms. The molecule has 0 heterocycles. The zero-order valence-corrected chi connectivity index (χ0v) is 24.9. The first-order valence-corrected chi connectivity index (χ1v) is 14.9. The molecule has 0 unspecified atom stereocenters. The van der Waals surface area contributed by atoms with Gasteiger partial charge < -0.3 is 4.90 Å². The van der Waals surface area contributed by atoms with Gasteiger partial charge in [-0.05, 0) is 97.1 Å². The second-order valence-corrected chi connectivity index (χ2v) is 11.0. The lowest BCUT2D eigenvalue weighted by Gasteiger charge is -2.11. The summed E-state index contributed by atoms with van der Waals surface area (Å²) in [4.78, 5) is 3.31. The van der Waals surface area contributed by atoms with Gasteiger partial charge in [0.25, 0.3) is 0 Å². The van der Waals surface area contributed by atoms with Gasteiger partial charge in [0, 0.05) is 35.5 Å². The molecule has 0 N–H and O–H groups in total. The zero-order valence-electron chi connectivity index (χ0n) is 24.1. The Labute approximate surface area is 251 Å². The Balaban J connectivity index is 1.26. The number of nitrogens with zero attached hydrogens (tertiary/aromatic N) is 7. The highest BCUT2D eigenvalue weighted by Gasteiger charge is 2.06. The molecule has 7 nitrogen and oxygen atoms in total.